The topological polar surface area (TPSA) is 35.5 Å². The van der Waals surface area contributed by atoms with Gasteiger partial charge in [0.2, 0.25) is 0 Å². The number of hydrogen-bond donors (Lipinski definition) is 0. The molecule has 0 saturated carbocycles. The molecule has 0 N–H and O–H groups in total. The van der Waals surface area contributed by atoms with Crippen LogP contribution in [0.25, 0.3) is 6.08 Å². The van der Waals surface area contributed by atoms with E-state index in [4.69, 9.17) is 9.47 Å². The standard InChI is InChI=1S/C17H16O3/c1-19-16-11-14(15(18)12-17(16)20-2)10-6-9-13-7-4-3-5-8-13/h3-12H,1-2H3/b9-6+,14-10+. The van der Waals surface area contributed by atoms with E-state index in [0.717, 1.165) is 5.56 Å². The SMILES string of the molecule is COC1=CC(=O)/C(=C/C=C/c2ccccc2)C=C1OC. The lowest BCUT2D eigenvalue weighted by Gasteiger charge is -2.14. The summed E-state index contributed by atoms with van der Waals surface area (Å²) in [7, 11) is 3.06. The van der Waals surface area contributed by atoms with E-state index in [1.807, 2.05) is 42.5 Å². The number of rotatable bonds is 4. The van der Waals surface area contributed by atoms with Gasteiger partial charge in [0.25, 0.3) is 0 Å². The van der Waals surface area contributed by atoms with Gasteiger partial charge in [-0.2, -0.15) is 0 Å². The van der Waals surface area contributed by atoms with Crippen LogP contribution in [0.15, 0.2) is 71.7 Å². The van der Waals surface area contributed by atoms with Crippen LogP contribution in [0.3, 0.4) is 0 Å². The number of ether oxygens (including phenoxy) is 2. The lowest BCUT2D eigenvalue weighted by Crippen LogP contribution is -2.09. The third-order valence-corrected chi connectivity index (χ3v) is 2.88. The van der Waals surface area contributed by atoms with Crippen molar-refractivity contribution in [2.24, 2.45) is 0 Å². The van der Waals surface area contributed by atoms with Crippen LogP contribution in [0, 0.1) is 0 Å². The third kappa shape index (κ3) is 3.26. The molecule has 1 aromatic carbocycles. The molecule has 0 fully saturated rings. The van der Waals surface area contributed by atoms with Crippen molar-refractivity contribution in [3.05, 3.63) is 77.3 Å². The molecule has 0 aliphatic heterocycles. The van der Waals surface area contributed by atoms with Gasteiger partial charge in [0.1, 0.15) is 0 Å². The van der Waals surface area contributed by atoms with Gasteiger partial charge >= 0.3 is 0 Å². The molecular weight excluding hydrogens is 252 g/mol. The van der Waals surface area contributed by atoms with Crippen molar-refractivity contribution < 1.29 is 14.3 Å². The number of allylic oxidation sites excluding steroid dienone is 5. The summed E-state index contributed by atoms with van der Waals surface area (Å²) in [4.78, 5) is 11.9. The maximum atomic E-state index is 11.9. The molecule has 0 saturated heterocycles. The van der Waals surface area contributed by atoms with E-state index >= 15 is 0 Å². The first-order chi connectivity index (χ1) is 9.74. The molecule has 102 valence electrons. The minimum atomic E-state index is -0.0969. The lowest BCUT2D eigenvalue weighted by molar-refractivity contribution is -0.111. The Morgan fingerprint density at radius 2 is 1.60 bits per heavy atom. The molecule has 0 heterocycles. The van der Waals surface area contributed by atoms with E-state index in [1.54, 1.807) is 19.3 Å². The molecule has 1 aromatic rings. The third-order valence-electron chi connectivity index (χ3n) is 2.88. The first kappa shape index (κ1) is 13.9. The largest absolute Gasteiger partial charge is 0.493 e. The molecular formula is C17H16O3. The summed E-state index contributed by atoms with van der Waals surface area (Å²) < 4.78 is 10.3. The number of carbonyl (C=O) groups is 1. The van der Waals surface area contributed by atoms with Gasteiger partial charge in [-0.3, -0.25) is 4.79 Å². The van der Waals surface area contributed by atoms with Gasteiger partial charge in [0.15, 0.2) is 17.3 Å². The summed E-state index contributed by atoms with van der Waals surface area (Å²) in [5.74, 6) is 0.897. The summed E-state index contributed by atoms with van der Waals surface area (Å²) in [6.45, 7) is 0. The van der Waals surface area contributed by atoms with Crippen LogP contribution in [-0.4, -0.2) is 20.0 Å². The fraction of sp³-hybridized carbons (Fsp3) is 0.118. The molecule has 3 heteroatoms. The first-order valence-electron chi connectivity index (χ1n) is 6.24. The number of benzene rings is 1. The minimum absolute atomic E-state index is 0.0969. The Morgan fingerprint density at radius 3 is 2.25 bits per heavy atom. The molecule has 1 aliphatic rings. The van der Waals surface area contributed by atoms with Crippen LogP contribution < -0.4 is 0 Å². The van der Waals surface area contributed by atoms with Gasteiger partial charge in [0, 0.05) is 11.6 Å². The van der Waals surface area contributed by atoms with Crippen molar-refractivity contribution in [1.29, 1.82) is 0 Å². The first-order valence-corrected chi connectivity index (χ1v) is 6.24. The second-order valence-electron chi connectivity index (χ2n) is 4.18. The van der Waals surface area contributed by atoms with Gasteiger partial charge < -0.3 is 9.47 Å². The van der Waals surface area contributed by atoms with Crippen molar-refractivity contribution in [2.75, 3.05) is 14.2 Å². The average Bonchev–Trinajstić information content (AvgIpc) is 2.49. The molecule has 0 radical (unpaired) electrons. The summed E-state index contributed by atoms with van der Waals surface area (Å²) in [6, 6.07) is 9.89. The minimum Gasteiger partial charge on any atom is -0.493 e. The normalized spacial score (nSPS) is 17.1. The average molecular weight is 268 g/mol. The van der Waals surface area contributed by atoms with Crippen molar-refractivity contribution in [1.82, 2.24) is 0 Å². The quantitative estimate of drug-likeness (QED) is 0.786. The van der Waals surface area contributed by atoms with Gasteiger partial charge in [0.05, 0.1) is 14.2 Å². The molecule has 0 spiro atoms. The fourth-order valence-corrected chi connectivity index (χ4v) is 1.83. The lowest BCUT2D eigenvalue weighted by atomic mass is 10.0. The van der Waals surface area contributed by atoms with Gasteiger partial charge in [-0.1, -0.05) is 48.6 Å². The van der Waals surface area contributed by atoms with E-state index < -0.39 is 0 Å². The predicted molar refractivity (Wildman–Crippen MR) is 78.8 cm³/mol. The number of hydrogen-bond acceptors (Lipinski definition) is 3. The van der Waals surface area contributed by atoms with Crippen molar-refractivity contribution >= 4 is 11.9 Å². The second kappa shape index (κ2) is 6.57. The highest BCUT2D eigenvalue weighted by Gasteiger charge is 2.17. The second-order valence-corrected chi connectivity index (χ2v) is 4.18. The van der Waals surface area contributed by atoms with E-state index in [0.29, 0.717) is 17.1 Å². The molecule has 3 nitrogen and oxygen atoms in total. The fourth-order valence-electron chi connectivity index (χ4n) is 1.83. The molecule has 2 rings (SSSR count). The predicted octanol–water partition coefficient (Wildman–Crippen LogP) is 3.27. The zero-order chi connectivity index (χ0) is 14.4. The monoisotopic (exact) mass is 268 g/mol. The van der Waals surface area contributed by atoms with Crippen LogP contribution in [0.2, 0.25) is 0 Å². The highest BCUT2D eigenvalue weighted by molar-refractivity contribution is 6.08. The van der Waals surface area contributed by atoms with Gasteiger partial charge in [-0.05, 0) is 11.6 Å². The zero-order valence-electron chi connectivity index (χ0n) is 11.5. The highest BCUT2D eigenvalue weighted by atomic mass is 16.5. The Kier molecular flexibility index (Phi) is 4.56. The molecule has 0 amide bonds. The Hall–Kier alpha value is -2.55. The Bertz CT molecular complexity index is 604. The smallest absolute Gasteiger partial charge is 0.189 e. The molecule has 0 bridgehead atoms. The highest BCUT2D eigenvalue weighted by Crippen LogP contribution is 2.21. The summed E-state index contributed by atoms with van der Waals surface area (Å²) in [6.07, 6.45) is 8.66. The molecule has 0 aromatic heterocycles. The van der Waals surface area contributed by atoms with Crippen molar-refractivity contribution in [2.45, 2.75) is 0 Å². The Morgan fingerprint density at radius 1 is 0.950 bits per heavy atom. The van der Waals surface area contributed by atoms with E-state index in [-0.39, 0.29) is 5.78 Å². The molecule has 1 aliphatic carbocycles. The van der Waals surface area contributed by atoms with Crippen LogP contribution in [0.4, 0.5) is 0 Å². The Balaban J connectivity index is 2.19. The number of methoxy groups -OCH3 is 2. The Labute approximate surface area is 118 Å². The molecule has 20 heavy (non-hydrogen) atoms. The van der Waals surface area contributed by atoms with Crippen molar-refractivity contribution in [3.63, 3.8) is 0 Å². The van der Waals surface area contributed by atoms with Crippen LogP contribution >= 0.6 is 0 Å². The summed E-state index contributed by atoms with van der Waals surface area (Å²) in [5.41, 5.74) is 1.64. The van der Waals surface area contributed by atoms with Crippen LogP contribution in [-0.2, 0) is 14.3 Å². The molecule has 0 atom stereocenters. The maximum absolute atomic E-state index is 11.9. The number of carbonyl (C=O) groups excluding carboxylic acids is 1. The summed E-state index contributed by atoms with van der Waals surface area (Å²) >= 11 is 0. The van der Waals surface area contributed by atoms with Gasteiger partial charge in [-0.25, -0.2) is 0 Å². The van der Waals surface area contributed by atoms with Crippen LogP contribution in [0.1, 0.15) is 5.56 Å². The maximum Gasteiger partial charge on any atom is 0.189 e. The van der Waals surface area contributed by atoms with Crippen LogP contribution in [0.5, 0.6) is 0 Å². The summed E-state index contributed by atoms with van der Waals surface area (Å²) in [5, 5.41) is 0. The molecule has 0 unspecified atom stereocenters. The zero-order valence-corrected chi connectivity index (χ0v) is 11.5. The van der Waals surface area contributed by atoms with E-state index in [1.165, 1.54) is 13.2 Å². The van der Waals surface area contributed by atoms with Crippen molar-refractivity contribution in [3.8, 4) is 0 Å². The number of ketones is 1. The van der Waals surface area contributed by atoms with Gasteiger partial charge in [-0.15, -0.1) is 0 Å². The van der Waals surface area contributed by atoms with E-state index in [9.17, 15) is 4.79 Å². The van der Waals surface area contributed by atoms with E-state index in [2.05, 4.69) is 0 Å².